The molecule has 130 valence electrons. The molecule has 0 spiro atoms. The molecule has 10 heteroatoms. The molecule has 1 aromatic heterocycles. The summed E-state index contributed by atoms with van der Waals surface area (Å²) in [5, 5.41) is 20.4. The fourth-order valence-electron chi connectivity index (χ4n) is 3.32. The van der Waals surface area contributed by atoms with Gasteiger partial charge in [-0.3, -0.25) is 4.90 Å². The number of alkyl halides is 3. The summed E-state index contributed by atoms with van der Waals surface area (Å²) in [6.45, 7) is 1.81. The Labute approximate surface area is 140 Å². The van der Waals surface area contributed by atoms with E-state index in [0.717, 1.165) is 25.1 Å². The minimum Gasteiger partial charge on any atom is -0.375 e. The highest BCUT2D eigenvalue weighted by molar-refractivity contribution is 5.45. The van der Waals surface area contributed by atoms with E-state index >= 15 is 0 Å². The molecular weight excluding hydrogens is 337 g/mol. The van der Waals surface area contributed by atoms with Crippen LogP contribution in [-0.2, 0) is 17.5 Å². The van der Waals surface area contributed by atoms with Crippen LogP contribution in [0.25, 0.3) is 5.69 Å². The van der Waals surface area contributed by atoms with Gasteiger partial charge in [0, 0.05) is 12.6 Å². The number of halogens is 3. The molecule has 2 fully saturated rings. The fraction of sp³-hybridized carbons (Fsp3) is 0.467. The highest BCUT2D eigenvalue weighted by atomic mass is 19.4. The van der Waals surface area contributed by atoms with E-state index in [1.54, 1.807) is 6.07 Å². The van der Waals surface area contributed by atoms with E-state index in [2.05, 4.69) is 20.4 Å². The van der Waals surface area contributed by atoms with Gasteiger partial charge in [-0.05, 0) is 35.0 Å². The second-order valence-electron chi connectivity index (χ2n) is 6.16. The maximum atomic E-state index is 13.1. The largest absolute Gasteiger partial charge is 0.416 e. The first-order chi connectivity index (χ1) is 11.9. The third-order valence-corrected chi connectivity index (χ3v) is 4.51. The van der Waals surface area contributed by atoms with Gasteiger partial charge in [-0.25, -0.2) is 0 Å². The molecule has 0 radical (unpaired) electrons. The molecule has 0 unspecified atom stereocenters. The van der Waals surface area contributed by atoms with E-state index in [4.69, 9.17) is 10.00 Å². The number of rotatable bonds is 3. The summed E-state index contributed by atoms with van der Waals surface area (Å²) in [5.41, 5.74) is -0.886. The summed E-state index contributed by atoms with van der Waals surface area (Å²) in [6, 6.07) is 5.13. The fourth-order valence-corrected chi connectivity index (χ4v) is 3.32. The number of ether oxygens (including phenoxy) is 1. The van der Waals surface area contributed by atoms with Crippen LogP contribution in [0, 0.1) is 11.3 Å². The number of morpholine rings is 1. The molecule has 2 aromatic rings. The normalized spacial score (nSPS) is 23.1. The van der Waals surface area contributed by atoms with Crippen molar-refractivity contribution in [2.75, 3.05) is 13.2 Å². The third-order valence-electron chi connectivity index (χ3n) is 4.51. The van der Waals surface area contributed by atoms with Crippen molar-refractivity contribution < 1.29 is 17.9 Å². The number of nitrogens with zero attached hydrogens (tertiary/aromatic N) is 6. The molecule has 2 aliphatic rings. The molecule has 1 aromatic carbocycles. The molecule has 3 heterocycles. The minimum absolute atomic E-state index is 0.0973. The Morgan fingerprint density at radius 1 is 1.32 bits per heavy atom. The molecule has 0 saturated carbocycles. The Balaban J connectivity index is 1.67. The van der Waals surface area contributed by atoms with Crippen LogP contribution in [0.5, 0.6) is 0 Å². The lowest BCUT2D eigenvalue weighted by Crippen LogP contribution is -2.37. The van der Waals surface area contributed by atoms with E-state index in [1.165, 1.54) is 10.7 Å². The third kappa shape index (κ3) is 2.96. The van der Waals surface area contributed by atoms with Gasteiger partial charge in [-0.2, -0.15) is 23.1 Å². The number of benzene rings is 1. The Morgan fingerprint density at radius 2 is 2.16 bits per heavy atom. The Morgan fingerprint density at radius 3 is 2.80 bits per heavy atom. The molecule has 2 aliphatic heterocycles. The van der Waals surface area contributed by atoms with E-state index in [9.17, 15) is 13.2 Å². The number of hydrogen-bond donors (Lipinski definition) is 0. The van der Waals surface area contributed by atoms with Crippen molar-refractivity contribution in [1.82, 2.24) is 25.1 Å². The maximum Gasteiger partial charge on any atom is 0.416 e. The molecule has 2 atom stereocenters. The lowest BCUT2D eigenvalue weighted by molar-refractivity contribution is -0.137. The van der Waals surface area contributed by atoms with Gasteiger partial charge in [0.1, 0.15) is 0 Å². The maximum absolute atomic E-state index is 13.1. The van der Waals surface area contributed by atoms with Crippen LogP contribution in [0.3, 0.4) is 0 Å². The number of likely N-dealkylation sites (tertiary alicyclic amines) is 1. The van der Waals surface area contributed by atoms with Crippen molar-refractivity contribution in [2.45, 2.75) is 31.3 Å². The molecule has 4 rings (SSSR count). The highest BCUT2D eigenvalue weighted by Crippen LogP contribution is 2.32. The Hall–Kier alpha value is -2.51. The lowest BCUT2D eigenvalue weighted by Gasteiger charge is -2.25. The molecule has 7 nitrogen and oxygen atoms in total. The number of tetrazole rings is 1. The number of aromatic nitrogens is 4. The SMILES string of the molecule is N#Cc1cc(-n2nnnc2CN2C[C@@H]3C[C@H]2CO3)cc(C(F)(F)F)c1. The topological polar surface area (TPSA) is 79.9 Å². The monoisotopic (exact) mass is 350 g/mol. The number of nitriles is 1. The second kappa shape index (κ2) is 5.79. The summed E-state index contributed by atoms with van der Waals surface area (Å²) in [6.07, 6.45) is -3.40. The summed E-state index contributed by atoms with van der Waals surface area (Å²) in [7, 11) is 0. The predicted molar refractivity (Wildman–Crippen MR) is 77.4 cm³/mol. The number of hydrogen-bond acceptors (Lipinski definition) is 6. The predicted octanol–water partition coefficient (Wildman–Crippen LogP) is 1.53. The molecule has 0 amide bonds. The zero-order chi connectivity index (χ0) is 17.6. The van der Waals surface area contributed by atoms with Crippen molar-refractivity contribution in [3.05, 3.63) is 35.2 Å². The van der Waals surface area contributed by atoms with E-state index in [1.807, 2.05) is 0 Å². The van der Waals surface area contributed by atoms with Gasteiger partial charge in [0.25, 0.3) is 0 Å². The van der Waals surface area contributed by atoms with Crippen LogP contribution in [0.15, 0.2) is 18.2 Å². The van der Waals surface area contributed by atoms with Gasteiger partial charge < -0.3 is 4.74 Å². The van der Waals surface area contributed by atoms with Crippen LogP contribution < -0.4 is 0 Å². The van der Waals surface area contributed by atoms with E-state index in [-0.39, 0.29) is 23.4 Å². The van der Waals surface area contributed by atoms with Crippen LogP contribution in [-0.4, -0.2) is 50.4 Å². The van der Waals surface area contributed by atoms with Gasteiger partial charge in [0.2, 0.25) is 0 Å². The van der Waals surface area contributed by atoms with Crippen LogP contribution >= 0.6 is 0 Å². The highest BCUT2D eigenvalue weighted by Gasteiger charge is 2.39. The zero-order valence-electron chi connectivity index (χ0n) is 12.9. The van der Waals surface area contributed by atoms with E-state index < -0.39 is 11.7 Å². The van der Waals surface area contributed by atoms with Gasteiger partial charge in [-0.15, -0.1) is 5.10 Å². The first kappa shape index (κ1) is 16.0. The first-order valence-corrected chi connectivity index (χ1v) is 7.70. The van der Waals surface area contributed by atoms with Crippen molar-refractivity contribution >= 4 is 0 Å². The van der Waals surface area contributed by atoms with Gasteiger partial charge in [0.05, 0.1) is 42.1 Å². The smallest absolute Gasteiger partial charge is 0.375 e. The van der Waals surface area contributed by atoms with Crippen LogP contribution in [0.4, 0.5) is 13.2 Å². The van der Waals surface area contributed by atoms with Crippen molar-refractivity contribution in [2.24, 2.45) is 0 Å². The molecule has 0 N–H and O–H groups in total. The van der Waals surface area contributed by atoms with Crippen LogP contribution in [0.2, 0.25) is 0 Å². The minimum atomic E-state index is -4.55. The quantitative estimate of drug-likeness (QED) is 0.835. The first-order valence-electron chi connectivity index (χ1n) is 7.70. The average Bonchev–Trinajstić information content (AvgIpc) is 3.30. The summed E-state index contributed by atoms with van der Waals surface area (Å²) in [5.74, 6) is 0.427. The van der Waals surface area contributed by atoms with Gasteiger partial charge in [-0.1, -0.05) is 0 Å². The molecule has 2 saturated heterocycles. The lowest BCUT2D eigenvalue weighted by atomic mass is 10.1. The second-order valence-corrected chi connectivity index (χ2v) is 6.16. The van der Waals surface area contributed by atoms with Crippen molar-refractivity contribution in [1.29, 1.82) is 5.26 Å². The summed E-state index contributed by atoms with van der Waals surface area (Å²) in [4.78, 5) is 2.16. The van der Waals surface area contributed by atoms with E-state index in [0.29, 0.717) is 19.0 Å². The van der Waals surface area contributed by atoms with Crippen molar-refractivity contribution in [3.8, 4) is 11.8 Å². The Bertz CT molecular complexity index is 843. The van der Waals surface area contributed by atoms with Gasteiger partial charge in [0.15, 0.2) is 5.82 Å². The molecule has 25 heavy (non-hydrogen) atoms. The molecular formula is C15H13F3N6O. The standard InChI is InChI=1S/C15H13F3N6O/c16-15(17,18)10-1-9(5-19)2-11(3-10)24-14(20-21-22-24)7-23-6-13-4-12(23)8-25-13/h1-3,12-13H,4,6-8H2/t12-,13-/m0/s1. The molecule has 0 aliphatic carbocycles. The van der Waals surface area contributed by atoms with Gasteiger partial charge >= 0.3 is 6.18 Å². The number of fused-ring (bicyclic) bond motifs is 2. The average molecular weight is 350 g/mol. The Kier molecular flexibility index (Phi) is 3.70. The zero-order valence-corrected chi connectivity index (χ0v) is 12.9. The van der Waals surface area contributed by atoms with Crippen molar-refractivity contribution in [3.63, 3.8) is 0 Å². The van der Waals surface area contributed by atoms with Crippen LogP contribution in [0.1, 0.15) is 23.4 Å². The molecule has 2 bridgehead atoms. The summed E-state index contributed by atoms with van der Waals surface area (Å²) < 4.78 is 46.0. The summed E-state index contributed by atoms with van der Waals surface area (Å²) >= 11 is 0.